The molecule has 0 radical (unpaired) electrons. The van der Waals surface area contributed by atoms with Gasteiger partial charge in [-0.05, 0) is 44.2 Å². The number of hydrogen-bond donors (Lipinski definition) is 3. The third-order valence-corrected chi connectivity index (χ3v) is 4.90. The van der Waals surface area contributed by atoms with Crippen LogP contribution in [-0.2, 0) is 0 Å². The van der Waals surface area contributed by atoms with E-state index in [-0.39, 0.29) is 24.4 Å². The van der Waals surface area contributed by atoms with Crippen molar-refractivity contribution in [3.8, 4) is 0 Å². The van der Waals surface area contributed by atoms with Gasteiger partial charge in [0.05, 0.1) is 0 Å². The lowest BCUT2D eigenvalue weighted by Crippen LogP contribution is -2.39. The molecule has 0 aromatic heterocycles. The minimum Gasteiger partial charge on any atom is -0.396 e. The summed E-state index contributed by atoms with van der Waals surface area (Å²) in [5, 5.41) is 16.3. The van der Waals surface area contributed by atoms with Gasteiger partial charge in [0.2, 0.25) is 0 Å². The van der Waals surface area contributed by atoms with Crippen LogP contribution < -0.4 is 10.6 Å². The molecule has 1 fully saturated rings. The summed E-state index contributed by atoms with van der Waals surface area (Å²) in [5.41, 5.74) is 0.599. The fraction of sp³-hybridized carbons (Fsp3) is 0.632. The zero-order valence-corrected chi connectivity index (χ0v) is 15.8. The van der Waals surface area contributed by atoms with Crippen molar-refractivity contribution < 1.29 is 9.50 Å². The molecule has 0 heterocycles. The predicted molar refractivity (Wildman–Crippen MR) is 102 cm³/mol. The monoisotopic (exact) mass is 369 g/mol. The summed E-state index contributed by atoms with van der Waals surface area (Å²) in [6, 6.07) is 4.97. The molecule has 1 aliphatic carbocycles. The molecule has 0 saturated heterocycles. The van der Waals surface area contributed by atoms with Crippen molar-refractivity contribution in [3.63, 3.8) is 0 Å². The number of guanidine groups is 1. The molecule has 0 aliphatic heterocycles. The minimum absolute atomic E-state index is 0.0847. The fourth-order valence-electron chi connectivity index (χ4n) is 3.17. The third-order valence-electron chi connectivity index (χ3n) is 4.57. The zero-order chi connectivity index (χ0) is 18.2. The van der Waals surface area contributed by atoms with E-state index in [9.17, 15) is 9.50 Å². The molecule has 2 rings (SSSR count). The molecule has 1 aliphatic rings. The molecule has 1 aromatic carbocycles. The molecule has 3 atom stereocenters. The first-order chi connectivity index (χ1) is 12.1. The van der Waals surface area contributed by atoms with E-state index >= 15 is 0 Å². The summed E-state index contributed by atoms with van der Waals surface area (Å²) >= 11 is 6.16. The van der Waals surface area contributed by atoms with E-state index in [0.717, 1.165) is 38.2 Å². The normalized spacial score (nSPS) is 21.1. The summed E-state index contributed by atoms with van der Waals surface area (Å²) in [4.78, 5) is 4.66. The van der Waals surface area contributed by atoms with E-state index < -0.39 is 0 Å². The van der Waals surface area contributed by atoms with Crippen molar-refractivity contribution in [3.05, 3.63) is 34.6 Å². The van der Waals surface area contributed by atoms with Crippen LogP contribution in [0.15, 0.2) is 23.2 Å². The Morgan fingerprint density at radius 1 is 1.40 bits per heavy atom. The van der Waals surface area contributed by atoms with Crippen LogP contribution in [0, 0.1) is 11.7 Å². The van der Waals surface area contributed by atoms with Gasteiger partial charge >= 0.3 is 0 Å². The predicted octanol–water partition coefficient (Wildman–Crippen LogP) is 3.69. The maximum absolute atomic E-state index is 14.0. The molecule has 4 nitrogen and oxygen atoms in total. The molecule has 0 spiro atoms. The van der Waals surface area contributed by atoms with Crippen molar-refractivity contribution in [2.45, 2.75) is 51.5 Å². The van der Waals surface area contributed by atoms with Gasteiger partial charge in [-0.1, -0.05) is 31.0 Å². The van der Waals surface area contributed by atoms with E-state index in [0.29, 0.717) is 23.0 Å². The number of nitrogens with zero attached hydrogens (tertiary/aromatic N) is 1. The zero-order valence-electron chi connectivity index (χ0n) is 15.1. The largest absolute Gasteiger partial charge is 0.396 e. The van der Waals surface area contributed by atoms with Gasteiger partial charge in [-0.2, -0.15) is 0 Å². The number of nitrogens with one attached hydrogen (secondary N) is 2. The van der Waals surface area contributed by atoms with Crippen LogP contribution in [0.1, 0.15) is 51.0 Å². The second-order valence-corrected chi connectivity index (χ2v) is 7.02. The van der Waals surface area contributed by atoms with E-state index in [1.807, 2.05) is 6.92 Å². The van der Waals surface area contributed by atoms with Crippen molar-refractivity contribution in [1.29, 1.82) is 0 Å². The SMILES string of the molecule is CCCC(CCO)CN=C(NCC)NC1CC1c1c(F)cccc1Cl. The van der Waals surface area contributed by atoms with Gasteiger partial charge in [-0.25, -0.2) is 4.39 Å². The van der Waals surface area contributed by atoms with Gasteiger partial charge in [-0.15, -0.1) is 0 Å². The Hall–Kier alpha value is -1.33. The average molecular weight is 370 g/mol. The Labute approximate surface area is 154 Å². The number of rotatable bonds is 9. The standard InChI is InChI=1S/C19H29ClFN3O/c1-3-6-13(9-10-25)12-23-19(22-4-2)24-17-11-14(17)18-15(20)7-5-8-16(18)21/h5,7-8,13-14,17,25H,3-4,6,9-12H2,1-2H3,(H2,22,23,24). The molecular formula is C19H29ClFN3O. The maximum Gasteiger partial charge on any atom is 0.191 e. The number of aliphatic hydroxyl groups excluding tert-OH is 1. The van der Waals surface area contributed by atoms with E-state index in [2.05, 4.69) is 22.5 Å². The number of hydrogen-bond acceptors (Lipinski definition) is 2. The summed E-state index contributed by atoms with van der Waals surface area (Å²) in [5.74, 6) is 0.985. The van der Waals surface area contributed by atoms with Crippen molar-refractivity contribution in [1.82, 2.24) is 10.6 Å². The minimum atomic E-state index is -0.241. The molecule has 140 valence electrons. The van der Waals surface area contributed by atoms with Gasteiger partial charge in [0.25, 0.3) is 0 Å². The first-order valence-corrected chi connectivity index (χ1v) is 9.58. The lowest BCUT2D eigenvalue weighted by molar-refractivity contribution is 0.253. The molecule has 3 N–H and O–H groups in total. The van der Waals surface area contributed by atoms with Crippen molar-refractivity contribution >= 4 is 17.6 Å². The molecule has 25 heavy (non-hydrogen) atoms. The lowest BCUT2D eigenvalue weighted by Gasteiger charge is -2.15. The van der Waals surface area contributed by atoms with Gasteiger partial charge in [0.15, 0.2) is 5.96 Å². The highest BCUT2D eigenvalue weighted by atomic mass is 35.5. The topological polar surface area (TPSA) is 56.7 Å². The Bertz CT molecular complexity index is 556. The Morgan fingerprint density at radius 3 is 2.84 bits per heavy atom. The quantitative estimate of drug-likeness (QED) is 0.459. The summed E-state index contributed by atoms with van der Waals surface area (Å²) in [7, 11) is 0. The Morgan fingerprint density at radius 2 is 2.20 bits per heavy atom. The average Bonchev–Trinajstić information content (AvgIpc) is 3.31. The van der Waals surface area contributed by atoms with Gasteiger partial charge in [0.1, 0.15) is 5.82 Å². The lowest BCUT2D eigenvalue weighted by atomic mass is 10.0. The molecule has 1 aromatic rings. The summed E-state index contributed by atoms with van der Waals surface area (Å²) in [6.07, 6.45) is 3.76. The van der Waals surface area contributed by atoms with Gasteiger partial charge in [0, 0.05) is 42.2 Å². The molecule has 0 bridgehead atoms. The number of aliphatic imine (C=N–C) groups is 1. The number of aliphatic hydroxyl groups is 1. The highest BCUT2D eigenvalue weighted by molar-refractivity contribution is 6.31. The Balaban J connectivity index is 1.97. The Kier molecular flexibility index (Phi) is 7.97. The highest BCUT2D eigenvalue weighted by Crippen LogP contribution is 2.44. The highest BCUT2D eigenvalue weighted by Gasteiger charge is 2.41. The summed E-state index contributed by atoms with van der Waals surface area (Å²) in [6.45, 7) is 5.81. The van der Waals surface area contributed by atoms with Crippen LogP contribution in [0.25, 0.3) is 0 Å². The molecule has 3 unspecified atom stereocenters. The first-order valence-electron chi connectivity index (χ1n) is 9.20. The molecule has 6 heteroatoms. The van der Waals surface area contributed by atoms with E-state index in [1.54, 1.807) is 12.1 Å². The van der Waals surface area contributed by atoms with Gasteiger partial charge in [-0.3, -0.25) is 4.99 Å². The van der Waals surface area contributed by atoms with E-state index in [4.69, 9.17) is 11.6 Å². The van der Waals surface area contributed by atoms with Crippen LogP contribution >= 0.6 is 11.6 Å². The maximum atomic E-state index is 14.0. The van der Waals surface area contributed by atoms with Crippen molar-refractivity contribution in [2.75, 3.05) is 19.7 Å². The fourth-order valence-corrected chi connectivity index (χ4v) is 3.48. The molecule has 1 saturated carbocycles. The van der Waals surface area contributed by atoms with Gasteiger partial charge < -0.3 is 15.7 Å². The molecular weight excluding hydrogens is 341 g/mol. The molecule has 0 amide bonds. The third kappa shape index (κ3) is 5.86. The van der Waals surface area contributed by atoms with Crippen LogP contribution in [0.3, 0.4) is 0 Å². The number of benzene rings is 1. The van der Waals surface area contributed by atoms with Crippen LogP contribution in [0.4, 0.5) is 4.39 Å². The summed E-state index contributed by atoms with van der Waals surface area (Å²) < 4.78 is 14.0. The second-order valence-electron chi connectivity index (χ2n) is 6.61. The van der Waals surface area contributed by atoms with Crippen molar-refractivity contribution in [2.24, 2.45) is 10.9 Å². The van der Waals surface area contributed by atoms with Crippen LogP contribution in [-0.4, -0.2) is 36.8 Å². The number of halogens is 2. The second kappa shape index (κ2) is 9.97. The van der Waals surface area contributed by atoms with Crippen LogP contribution in [0.2, 0.25) is 5.02 Å². The smallest absolute Gasteiger partial charge is 0.191 e. The van der Waals surface area contributed by atoms with Crippen LogP contribution in [0.5, 0.6) is 0 Å². The van der Waals surface area contributed by atoms with E-state index in [1.165, 1.54) is 6.07 Å². The first kappa shape index (κ1) is 20.0.